The second-order valence-electron chi connectivity index (χ2n) is 4.96. The predicted octanol–water partition coefficient (Wildman–Crippen LogP) is 1.82. The number of nitrogens with zero attached hydrogens (tertiary/aromatic N) is 1. The summed E-state index contributed by atoms with van der Waals surface area (Å²) in [5, 5.41) is 2.77. The molecule has 1 amide bonds. The Morgan fingerprint density at radius 1 is 1.30 bits per heavy atom. The minimum atomic E-state index is -0.527. The number of benzene rings is 1. The van der Waals surface area contributed by atoms with Crippen molar-refractivity contribution in [2.24, 2.45) is 5.92 Å². The van der Waals surface area contributed by atoms with Crippen LogP contribution in [-0.4, -0.2) is 22.4 Å². The first-order valence-electron chi connectivity index (χ1n) is 6.51. The molecular formula is C15H17N3O2. The first kappa shape index (κ1) is 14.0. The first-order chi connectivity index (χ1) is 9.56. The third-order valence-electron chi connectivity index (χ3n) is 2.73. The molecule has 1 aromatic heterocycles. The zero-order chi connectivity index (χ0) is 14.5. The Morgan fingerprint density at radius 3 is 2.65 bits per heavy atom. The number of amides is 1. The van der Waals surface area contributed by atoms with Crippen LogP contribution in [0.5, 0.6) is 0 Å². The fourth-order valence-electron chi connectivity index (χ4n) is 1.73. The second kappa shape index (κ2) is 6.14. The van der Waals surface area contributed by atoms with Gasteiger partial charge < -0.3 is 10.3 Å². The van der Waals surface area contributed by atoms with Gasteiger partial charge in [0, 0.05) is 12.1 Å². The van der Waals surface area contributed by atoms with E-state index >= 15 is 0 Å². The van der Waals surface area contributed by atoms with Gasteiger partial charge in [0.15, 0.2) is 0 Å². The van der Waals surface area contributed by atoms with Crippen molar-refractivity contribution in [3.8, 4) is 11.3 Å². The Hall–Kier alpha value is -2.43. The monoisotopic (exact) mass is 271 g/mol. The summed E-state index contributed by atoms with van der Waals surface area (Å²) in [7, 11) is 0. The molecule has 104 valence electrons. The minimum absolute atomic E-state index is 0.226. The lowest BCUT2D eigenvalue weighted by Gasteiger charge is -2.08. The number of aromatic amines is 1. The molecule has 0 atom stereocenters. The average Bonchev–Trinajstić information content (AvgIpc) is 2.45. The van der Waals surface area contributed by atoms with E-state index in [4.69, 9.17) is 0 Å². The largest absolute Gasteiger partial charge is 0.351 e. The molecule has 0 unspecified atom stereocenters. The number of hydrogen-bond acceptors (Lipinski definition) is 3. The van der Waals surface area contributed by atoms with Crippen molar-refractivity contribution in [1.29, 1.82) is 0 Å². The van der Waals surface area contributed by atoms with Crippen LogP contribution in [0.4, 0.5) is 0 Å². The van der Waals surface area contributed by atoms with Gasteiger partial charge in [0.25, 0.3) is 5.91 Å². The lowest BCUT2D eigenvalue weighted by atomic mass is 10.1. The van der Waals surface area contributed by atoms with E-state index in [0.717, 1.165) is 5.56 Å². The normalized spacial score (nSPS) is 10.6. The van der Waals surface area contributed by atoms with E-state index in [0.29, 0.717) is 18.2 Å². The van der Waals surface area contributed by atoms with E-state index in [-0.39, 0.29) is 11.6 Å². The highest BCUT2D eigenvalue weighted by atomic mass is 16.2. The SMILES string of the molecule is CC(C)CNC(=O)c1cc(-c2ccccc2)nc(=O)[nH]1. The quantitative estimate of drug-likeness (QED) is 0.890. The summed E-state index contributed by atoms with van der Waals surface area (Å²) < 4.78 is 0. The van der Waals surface area contributed by atoms with E-state index in [9.17, 15) is 9.59 Å². The zero-order valence-corrected chi connectivity index (χ0v) is 11.5. The van der Waals surface area contributed by atoms with Gasteiger partial charge in [-0.15, -0.1) is 0 Å². The van der Waals surface area contributed by atoms with Crippen molar-refractivity contribution in [3.05, 3.63) is 52.6 Å². The van der Waals surface area contributed by atoms with Crippen molar-refractivity contribution in [1.82, 2.24) is 15.3 Å². The standard InChI is InChI=1S/C15H17N3O2/c1-10(2)9-16-14(19)13-8-12(17-15(20)18-13)11-6-4-3-5-7-11/h3-8,10H,9H2,1-2H3,(H,16,19)(H,17,18,20). The van der Waals surface area contributed by atoms with E-state index in [1.807, 2.05) is 44.2 Å². The van der Waals surface area contributed by atoms with Crippen LogP contribution in [0.1, 0.15) is 24.3 Å². The van der Waals surface area contributed by atoms with E-state index in [1.165, 1.54) is 0 Å². The molecule has 1 heterocycles. The topological polar surface area (TPSA) is 74.8 Å². The van der Waals surface area contributed by atoms with Crippen LogP contribution in [0.15, 0.2) is 41.2 Å². The van der Waals surface area contributed by atoms with Gasteiger partial charge in [0.1, 0.15) is 5.69 Å². The van der Waals surface area contributed by atoms with Gasteiger partial charge in [-0.2, -0.15) is 4.98 Å². The van der Waals surface area contributed by atoms with Gasteiger partial charge in [-0.3, -0.25) is 4.79 Å². The molecule has 0 fully saturated rings. The average molecular weight is 271 g/mol. The third-order valence-corrected chi connectivity index (χ3v) is 2.73. The number of nitrogens with one attached hydrogen (secondary N) is 2. The van der Waals surface area contributed by atoms with Gasteiger partial charge in [-0.05, 0) is 12.0 Å². The van der Waals surface area contributed by atoms with Crippen LogP contribution >= 0.6 is 0 Å². The van der Waals surface area contributed by atoms with Crippen molar-refractivity contribution in [2.75, 3.05) is 6.54 Å². The maximum atomic E-state index is 12.0. The lowest BCUT2D eigenvalue weighted by Crippen LogP contribution is -2.30. The summed E-state index contributed by atoms with van der Waals surface area (Å²) in [5.74, 6) is 0.0523. The Bertz CT molecular complexity index is 648. The van der Waals surface area contributed by atoms with Gasteiger partial charge >= 0.3 is 5.69 Å². The Kier molecular flexibility index (Phi) is 4.30. The summed E-state index contributed by atoms with van der Waals surface area (Å²) in [6.45, 7) is 4.57. The number of carbonyl (C=O) groups is 1. The van der Waals surface area contributed by atoms with E-state index in [1.54, 1.807) is 6.07 Å². The van der Waals surface area contributed by atoms with E-state index in [2.05, 4.69) is 15.3 Å². The molecule has 20 heavy (non-hydrogen) atoms. The highest BCUT2D eigenvalue weighted by Crippen LogP contribution is 2.15. The summed E-state index contributed by atoms with van der Waals surface area (Å²) >= 11 is 0. The molecule has 0 saturated heterocycles. The molecular weight excluding hydrogens is 254 g/mol. The highest BCUT2D eigenvalue weighted by molar-refractivity contribution is 5.93. The molecule has 0 radical (unpaired) electrons. The number of rotatable bonds is 4. The highest BCUT2D eigenvalue weighted by Gasteiger charge is 2.10. The Labute approximate surface area is 117 Å². The summed E-state index contributed by atoms with van der Waals surface area (Å²) in [4.78, 5) is 29.9. The predicted molar refractivity (Wildman–Crippen MR) is 77.5 cm³/mol. The Morgan fingerprint density at radius 2 is 2.00 bits per heavy atom. The zero-order valence-electron chi connectivity index (χ0n) is 11.5. The van der Waals surface area contributed by atoms with Gasteiger partial charge in [0.2, 0.25) is 0 Å². The molecule has 2 rings (SSSR count). The molecule has 0 saturated carbocycles. The summed E-state index contributed by atoms with van der Waals surface area (Å²) in [6.07, 6.45) is 0. The maximum Gasteiger partial charge on any atom is 0.346 e. The first-order valence-corrected chi connectivity index (χ1v) is 6.51. The molecule has 5 heteroatoms. The van der Waals surface area contributed by atoms with Crippen molar-refractivity contribution >= 4 is 5.91 Å². The lowest BCUT2D eigenvalue weighted by molar-refractivity contribution is 0.0943. The molecule has 2 aromatic rings. The fraction of sp³-hybridized carbons (Fsp3) is 0.267. The van der Waals surface area contributed by atoms with Crippen molar-refractivity contribution in [2.45, 2.75) is 13.8 Å². The molecule has 0 bridgehead atoms. The summed E-state index contributed by atoms with van der Waals surface area (Å²) in [6, 6.07) is 10.9. The van der Waals surface area contributed by atoms with Crippen LogP contribution < -0.4 is 11.0 Å². The Balaban J connectivity index is 2.30. The molecule has 0 aliphatic heterocycles. The van der Waals surface area contributed by atoms with Crippen LogP contribution in [0.3, 0.4) is 0 Å². The number of H-pyrrole nitrogens is 1. The fourth-order valence-corrected chi connectivity index (χ4v) is 1.73. The molecule has 0 spiro atoms. The second-order valence-corrected chi connectivity index (χ2v) is 4.96. The smallest absolute Gasteiger partial charge is 0.346 e. The third kappa shape index (κ3) is 3.54. The number of hydrogen-bond donors (Lipinski definition) is 2. The van der Waals surface area contributed by atoms with Gasteiger partial charge in [-0.1, -0.05) is 44.2 Å². The molecule has 0 aliphatic carbocycles. The van der Waals surface area contributed by atoms with Crippen molar-refractivity contribution < 1.29 is 4.79 Å². The van der Waals surface area contributed by atoms with Gasteiger partial charge in [0.05, 0.1) is 5.69 Å². The minimum Gasteiger partial charge on any atom is -0.351 e. The molecule has 1 aromatic carbocycles. The maximum absolute atomic E-state index is 12.0. The molecule has 5 nitrogen and oxygen atoms in total. The van der Waals surface area contributed by atoms with Crippen molar-refractivity contribution in [3.63, 3.8) is 0 Å². The molecule has 0 aliphatic rings. The van der Waals surface area contributed by atoms with Gasteiger partial charge in [-0.25, -0.2) is 4.79 Å². The van der Waals surface area contributed by atoms with Crippen LogP contribution in [0.2, 0.25) is 0 Å². The number of aromatic nitrogens is 2. The number of carbonyl (C=O) groups excluding carboxylic acids is 1. The van der Waals surface area contributed by atoms with Crippen LogP contribution in [-0.2, 0) is 0 Å². The van der Waals surface area contributed by atoms with Crippen LogP contribution in [0.25, 0.3) is 11.3 Å². The van der Waals surface area contributed by atoms with Crippen LogP contribution in [0, 0.1) is 5.92 Å². The van der Waals surface area contributed by atoms with E-state index < -0.39 is 5.69 Å². The molecule has 2 N–H and O–H groups in total. The summed E-state index contributed by atoms with van der Waals surface area (Å²) in [5.41, 5.74) is 0.992.